The Hall–Kier alpha value is -3.68. The number of ketones is 2. The topological polar surface area (TPSA) is 105 Å². The van der Waals surface area contributed by atoms with Gasteiger partial charge in [-0.3, -0.25) is 9.59 Å². The number of fused-ring (bicyclic) bond motifs is 2. The SMILES string of the molecule is CCCCCOC(=O)Oc1cccc2c1C(=O)c1cccc(OC(=O)OCCCCC)c1C2=O. The molecule has 0 fully saturated rings. The number of ether oxygens (including phenoxy) is 4. The van der Waals surface area contributed by atoms with Crippen LogP contribution in [0.2, 0.25) is 0 Å². The second kappa shape index (κ2) is 12.0. The molecular weight excluding hydrogens is 440 g/mol. The molecule has 180 valence electrons. The highest BCUT2D eigenvalue weighted by Crippen LogP contribution is 2.37. The maximum Gasteiger partial charge on any atom is 0.513 e. The Morgan fingerprint density at radius 1 is 0.647 bits per heavy atom. The first kappa shape index (κ1) is 25.0. The second-order valence-electron chi connectivity index (χ2n) is 7.83. The molecule has 0 aliphatic heterocycles. The van der Waals surface area contributed by atoms with Crippen LogP contribution in [0.5, 0.6) is 11.5 Å². The number of unbranched alkanes of at least 4 members (excludes halogenated alkanes) is 4. The largest absolute Gasteiger partial charge is 0.513 e. The highest BCUT2D eigenvalue weighted by atomic mass is 16.7. The van der Waals surface area contributed by atoms with Gasteiger partial charge in [-0.15, -0.1) is 0 Å². The first-order valence-corrected chi connectivity index (χ1v) is 11.5. The summed E-state index contributed by atoms with van der Waals surface area (Å²) in [5.41, 5.74) is 0.0110. The van der Waals surface area contributed by atoms with Gasteiger partial charge < -0.3 is 18.9 Å². The van der Waals surface area contributed by atoms with E-state index >= 15 is 0 Å². The van der Waals surface area contributed by atoms with Gasteiger partial charge in [-0.25, -0.2) is 9.59 Å². The summed E-state index contributed by atoms with van der Waals surface area (Å²) in [6.45, 7) is 4.46. The van der Waals surface area contributed by atoms with E-state index in [1.807, 2.05) is 13.8 Å². The van der Waals surface area contributed by atoms with Crippen molar-refractivity contribution < 1.29 is 38.1 Å². The normalized spacial score (nSPS) is 11.9. The van der Waals surface area contributed by atoms with Crippen molar-refractivity contribution in [1.82, 2.24) is 0 Å². The third kappa shape index (κ3) is 5.81. The Bertz CT molecular complexity index is 987. The maximum absolute atomic E-state index is 13.3. The lowest BCUT2D eigenvalue weighted by molar-refractivity contribution is 0.0912. The number of rotatable bonds is 10. The molecule has 2 aromatic rings. The Labute approximate surface area is 198 Å². The van der Waals surface area contributed by atoms with Gasteiger partial charge in [0, 0.05) is 11.1 Å². The van der Waals surface area contributed by atoms with Gasteiger partial charge in [-0.1, -0.05) is 63.8 Å². The van der Waals surface area contributed by atoms with Gasteiger partial charge >= 0.3 is 12.3 Å². The molecule has 0 saturated carbocycles. The molecule has 8 nitrogen and oxygen atoms in total. The van der Waals surface area contributed by atoms with Gasteiger partial charge in [-0.2, -0.15) is 0 Å². The first-order chi connectivity index (χ1) is 16.5. The fourth-order valence-electron chi connectivity index (χ4n) is 3.60. The smallest absolute Gasteiger partial charge is 0.434 e. The second-order valence-corrected chi connectivity index (χ2v) is 7.83. The number of hydrogen-bond donors (Lipinski definition) is 0. The molecule has 0 amide bonds. The van der Waals surface area contributed by atoms with Crippen molar-refractivity contribution in [2.24, 2.45) is 0 Å². The van der Waals surface area contributed by atoms with Crippen LogP contribution >= 0.6 is 0 Å². The molecule has 1 aliphatic rings. The molecule has 1 aliphatic carbocycles. The van der Waals surface area contributed by atoms with Gasteiger partial charge in [0.2, 0.25) is 0 Å². The summed E-state index contributed by atoms with van der Waals surface area (Å²) >= 11 is 0. The summed E-state index contributed by atoms with van der Waals surface area (Å²) in [6.07, 6.45) is 3.28. The van der Waals surface area contributed by atoms with Crippen molar-refractivity contribution in [3.8, 4) is 11.5 Å². The zero-order chi connectivity index (χ0) is 24.5. The van der Waals surface area contributed by atoms with E-state index in [4.69, 9.17) is 18.9 Å². The van der Waals surface area contributed by atoms with Crippen LogP contribution in [0.15, 0.2) is 36.4 Å². The van der Waals surface area contributed by atoms with Crippen LogP contribution in [-0.2, 0) is 9.47 Å². The fraction of sp³-hybridized carbons (Fsp3) is 0.385. The lowest BCUT2D eigenvalue weighted by Gasteiger charge is -2.21. The molecule has 34 heavy (non-hydrogen) atoms. The Kier molecular flexibility index (Phi) is 8.79. The number of hydrogen-bond acceptors (Lipinski definition) is 8. The standard InChI is InChI=1S/C26H28O8/c1-3-5-7-15-31-25(29)33-19-13-9-11-17-21(19)23(27)18-12-10-14-20(22(18)24(17)28)34-26(30)32-16-8-6-4-2/h9-14H,3-8,15-16H2,1-2H3. The van der Waals surface area contributed by atoms with E-state index in [2.05, 4.69) is 0 Å². The molecule has 0 spiro atoms. The Morgan fingerprint density at radius 2 is 1.06 bits per heavy atom. The van der Waals surface area contributed by atoms with E-state index in [0.717, 1.165) is 25.7 Å². The van der Waals surface area contributed by atoms with Gasteiger partial charge in [0.05, 0.1) is 24.3 Å². The predicted molar refractivity (Wildman–Crippen MR) is 123 cm³/mol. The van der Waals surface area contributed by atoms with E-state index in [1.165, 1.54) is 36.4 Å². The quantitative estimate of drug-likeness (QED) is 0.207. The van der Waals surface area contributed by atoms with Crippen molar-refractivity contribution in [2.45, 2.75) is 52.4 Å². The lowest BCUT2D eigenvalue weighted by atomic mass is 9.83. The van der Waals surface area contributed by atoms with Gasteiger partial charge in [0.25, 0.3) is 0 Å². The van der Waals surface area contributed by atoms with Crippen LogP contribution in [0.4, 0.5) is 9.59 Å². The van der Waals surface area contributed by atoms with Crippen molar-refractivity contribution >= 4 is 23.9 Å². The summed E-state index contributed by atoms with van der Waals surface area (Å²) < 4.78 is 20.6. The summed E-state index contributed by atoms with van der Waals surface area (Å²) in [4.78, 5) is 50.7. The molecule has 0 heterocycles. The van der Waals surface area contributed by atoms with E-state index in [-0.39, 0.29) is 47.0 Å². The van der Waals surface area contributed by atoms with Crippen molar-refractivity contribution in [3.63, 3.8) is 0 Å². The number of carbonyl (C=O) groups is 4. The summed E-state index contributed by atoms with van der Waals surface area (Å²) in [5, 5.41) is 0. The number of carbonyl (C=O) groups excluding carboxylic acids is 4. The molecule has 0 bridgehead atoms. The summed E-state index contributed by atoms with van der Waals surface area (Å²) in [5.74, 6) is -1.19. The van der Waals surface area contributed by atoms with Gasteiger partial charge in [0.15, 0.2) is 11.6 Å². The first-order valence-electron chi connectivity index (χ1n) is 11.5. The molecule has 3 rings (SSSR count). The van der Waals surface area contributed by atoms with Gasteiger partial charge in [-0.05, 0) is 25.0 Å². The monoisotopic (exact) mass is 468 g/mol. The zero-order valence-electron chi connectivity index (χ0n) is 19.4. The van der Waals surface area contributed by atoms with Crippen LogP contribution in [0.25, 0.3) is 0 Å². The third-order valence-electron chi connectivity index (χ3n) is 5.32. The maximum atomic E-state index is 13.3. The van der Waals surface area contributed by atoms with Crippen LogP contribution < -0.4 is 9.47 Å². The average Bonchev–Trinajstić information content (AvgIpc) is 2.83. The highest BCUT2D eigenvalue weighted by Gasteiger charge is 2.35. The van der Waals surface area contributed by atoms with Crippen LogP contribution in [0, 0.1) is 0 Å². The molecule has 0 radical (unpaired) electrons. The minimum atomic E-state index is -0.946. The van der Waals surface area contributed by atoms with E-state index in [0.29, 0.717) is 12.8 Å². The minimum absolute atomic E-state index is 0.0372. The molecular formula is C26H28O8. The summed E-state index contributed by atoms with van der Waals surface area (Å²) in [7, 11) is 0. The molecule has 0 N–H and O–H groups in total. The molecule has 0 aromatic heterocycles. The number of benzene rings is 2. The predicted octanol–water partition coefficient (Wildman–Crippen LogP) is 5.87. The van der Waals surface area contributed by atoms with Crippen LogP contribution in [-0.4, -0.2) is 37.1 Å². The highest BCUT2D eigenvalue weighted by molar-refractivity contribution is 6.30. The molecule has 0 unspecified atom stereocenters. The molecule has 8 heteroatoms. The molecule has 2 aromatic carbocycles. The van der Waals surface area contributed by atoms with Crippen molar-refractivity contribution in [3.05, 3.63) is 58.7 Å². The zero-order valence-corrected chi connectivity index (χ0v) is 19.4. The van der Waals surface area contributed by atoms with Gasteiger partial charge in [0.1, 0.15) is 11.5 Å². The minimum Gasteiger partial charge on any atom is -0.434 e. The van der Waals surface area contributed by atoms with E-state index in [9.17, 15) is 19.2 Å². The average molecular weight is 469 g/mol. The lowest BCUT2D eigenvalue weighted by Crippen LogP contribution is -2.24. The third-order valence-corrected chi connectivity index (χ3v) is 5.32. The van der Waals surface area contributed by atoms with E-state index < -0.39 is 23.9 Å². The van der Waals surface area contributed by atoms with Crippen molar-refractivity contribution in [1.29, 1.82) is 0 Å². The van der Waals surface area contributed by atoms with Crippen LogP contribution in [0.3, 0.4) is 0 Å². The molecule has 0 saturated heterocycles. The van der Waals surface area contributed by atoms with E-state index in [1.54, 1.807) is 0 Å². The fourth-order valence-corrected chi connectivity index (χ4v) is 3.60. The van der Waals surface area contributed by atoms with Crippen LogP contribution in [0.1, 0.15) is 84.2 Å². The van der Waals surface area contributed by atoms with Crippen molar-refractivity contribution in [2.75, 3.05) is 13.2 Å². The Morgan fingerprint density at radius 3 is 1.44 bits per heavy atom. The summed E-state index contributed by atoms with van der Waals surface area (Å²) in [6, 6.07) is 8.77. The Balaban J connectivity index is 1.81. The molecule has 0 atom stereocenters.